The average Bonchev–Trinajstić information content (AvgIpc) is 3.25. The van der Waals surface area contributed by atoms with Crippen LogP contribution in [-0.4, -0.2) is 29.9 Å². The number of imidazole rings is 1. The van der Waals surface area contributed by atoms with Gasteiger partial charge in [-0.25, -0.2) is 10.2 Å². The second-order valence-electron chi connectivity index (χ2n) is 8.02. The number of benzene rings is 2. The van der Waals surface area contributed by atoms with E-state index in [1.165, 1.54) is 9.13 Å². The molecule has 9 heteroatoms. The Bertz CT molecular complexity index is 1600. The lowest BCUT2D eigenvalue weighted by Crippen LogP contribution is -2.40. The van der Waals surface area contributed by atoms with E-state index < -0.39 is 11.2 Å². The van der Waals surface area contributed by atoms with Crippen LogP contribution in [0.4, 0.5) is 5.95 Å². The number of fused-ring (bicyclic) bond motifs is 1. The standard InChI is InChI=1S/C26H23N7O2/c1-31-23-22(24(34)33(26(31)35)18-20-12-6-3-7-13-20)32(17-19-10-4-2-5-11-19)25(29-23)30-28-16-21-14-8-9-15-27-21/h2-16H,17-18H2,1H3,(H,29,30)/b28-16-. The molecule has 5 aromatic rings. The summed E-state index contributed by atoms with van der Waals surface area (Å²) < 4.78 is 4.39. The van der Waals surface area contributed by atoms with Crippen molar-refractivity contribution in [3.8, 4) is 0 Å². The third kappa shape index (κ3) is 4.51. The highest BCUT2D eigenvalue weighted by molar-refractivity contribution is 5.78. The molecular weight excluding hydrogens is 442 g/mol. The molecule has 2 aromatic carbocycles. The van der Waals surface area contributed by atoms with Crippen LogP contribution < -0.4 is 16.7 Å². The fourth-order valence-electron chi connectivity index (χ4n) is 3.89. The normalized spacial score (nSPS) is 11.3. The first-order chi connectivity index (χ1) is 17.1. The Balaban J connectivity index is 1.64. The maximum absolute atomic E-state index is 13.6. The fourth-order valence-corrected chi connectivity index (χ4v) is 3.89. The summed E-state index contributed by atoms with van der Waals surface area (Å²) in [6, 6.07) is 24.7. The minimum atomic E-state index is -0.431. The number of aromatic nitrogens is 5. The molecule has 35 heavy (non-hydrogen) atoms. The van der Waals surface area contributed by atoms with Crippen molar-refractivity contribution >= 4 is 23.3 Å². The predicted molar refractivity (Wildman–Crippen MR) is 136 cm³/mol. The van der Waals surface area contributed by atoms with Crippen molar-refractivity contribution in [3.05, 3.63) is 123 Å². The highest BCUT2D eigenvalue weighted by Crippen LogP contribution is 2.18. The molecule has 0 unspecified atom stereocenters. The summed E-state index contributed by atoms with van der Waals surface area (Å²) in [6.07, 6.45) is 3.25. The number of hydrogen-bond donors (Lipinski definition) is 1. The molecule has 0 aliphatic rings. The Labute approximate surface area is 200 Å². The van der Waals surface area contributed by atoms with Crippen LogP contribution >= 0.6 is 0 Å². The SMILES string of the molecule is Cn1c(=O)n(Cc2ccccc2)c(=O)c2c1nc(N/N=C\c1ccccn1)n2Cc1ccccc1. The van der Waals surface area contributed by atoms with Gasteiger partial charge in [0.2, 0.25) is 5.95 Å². The number of nitrogens with one attached hydrogen (secondary N) is 1. The topological polar surface area (TPSA) is 99.1 Å². The van der Waals surface area contributed by atoms with Gasteiger partial charge in [0, 0.05) is 13.2 Å². The van der Waals surface area contributed by atoms with E-state index in [9.17, 15) is 9.59 Å². The molecule has 0 bridgehead atoms. The quantitative estimate of drug-likeness (QED) is 0.294. The summed E-state index contributed by atoms with van der Waals surface area (Å²) in [6.45, 7) is 0.539. The van der Waals surface area contributed by atoms with Crippen LogP contribution in [0.25, 0.3) is 11.2 Å². The Morgan fingerprint density at radius 3 is 2.11 bits per heavy atom. The lowest BCUT2D eigenvalue weighted by molar-refractivity contribution is 0.653. The van der Waals surface area contributed by atoms with E-state index in [-0.39, 0.29) is 12.2 Å². The van der Waals surface area contributed by atoms with Gasteiger partial charge in [-0.15, -0.1) is 0 Å². The maximum Gasteiger partial charge on any atom is 0.332 e. The van der Waals surface area contributed by atoms with Crippen LogP contribution in [-0.2, 0) is 20.1 Å². The van der Waals surface area contributed by atoms with Crippen molar-refractivity contribution in [2.45, 2.75) is 13.1 Å². The summed E-state index contributed by atoms with van der Waals surface area (Å²) in [7, 11) is 1.62. The number of pyridine rings is 1. The van der Waals surface area contributed by atoms with Crippen LogP contribution in [0.15, 0.2) is 99.8 Å². The molecule has 3 aromatic heterocycles. The van der Waals surface area contributed by atoms with Crippen LogP contribution in [0.2, 0.25) is 0 Å². The van der Waals surface area contributed by atoms with E-state index in [1.54, 1.807) is 24.0 Å². The van der Waals surface area contributed by atoms with Crippen molar-refractivity contribution in [2.24, 2.45) is 12.1 Å². The fraction of sp³-hybridized carbons (Fsp3) is 0.115. The lowest BCUT2D eigenvalue weighted by Gasteiger charge is -2.11. The van der Waals surface area contributed by atoms with Gasteiger partial charge in [-0.2, -0.15) is 10.1 Å². The molecule has 9 nitrogen and oxygen atoms in total. The van der Waals surface area contributed by atoms with Gasteiger partial charge in [-0.1, -0.05) is 66.7 Å². The monoisotopic (exact) mass is 465 g/mol. The van der Waals surface area contributed by atoms with E-state index in [4.69, 9.17) is 0 Å². The van der Waals surface area contributed by atoms with Gasteiger partial charge in [-0.05, 0) is 23.3 Å². The molecule has 0 atom stereocenters. The second kappa shape index (κ2) is 9.60. The van der Waals surface area contributed by atoms with Gasteiger partial charge in [0.25, 0.3) is 5.56 Å². The largest absolute Gasteiger partial charge is 0.332 e. The number of anilines is 1. The van der Waals surface area contributed by atoms with Gasteiger partial charge in [-0.3, -0.25) is 23.5 Å². The van der Waals surface area contributed by atoms with Crippen molar-refractivity contribution in [3.63, 3.8) is 0 Å². The molecule has 0 aliphatic carbocycles. The third-order valence-electron chi connectivity index (χ3n) is 5.65. The van der Waals surface area contributed by atoms with E-state index >= 15 is 0 Å². The van der Waals surface area contributed by atoms with Gasteiger partial charge in [0.1, 0.15) is 0 Å². The predicted octanol–water partition coefficient (Wildman–Crippen LogP) is 2.83. The van der Waals surface area contributed by atoms with E-state index in [2.05, 4.69) is 20.5 Å². The van der Waals surface area contributed by atoms with Crippen LogP contribution in [0.3, 0.4) is 0 Å². The Kier molecular flexibility index (Phi) is 6.04. The zero-order valence-electron chi connectivity index (χ0n) is 19.1. The summed E-state index contributed by atoms with van der Waals surface area (Å²) >= 11 is 0. The smallest absolute Gasteiger partial charge is 0.298 e. The van der Waals surface area contributed by atoms with E-state index in [0.29, 0.717) is 23.7 Å². The van der Waals surface area contributed by atoms with Crippen LogP contribution in [0.5, 0.6) is 0 Å². The van der Waals surface area contributed by atoms with Crippen molar-refractivity contribution < 1.29 is 0 Å². The first-order valence-electron chi connectivity index (χ1n) is 11.1. The molecule has 0 fully saturated rings. The molecule has 0 saturated heterocycles. The number of hydrogen-bond acceptors (Lipinski definition) is 6. The number of aryl methyl sites for hydroxylation is 1. The second-order valence-corrected chi connectivity index (χ2v) is 8.02. The van der Waals surface area contributed by atoms with E-state index in [1.807, 2.05) is 78.9 Å². The van der Waals surface area contributed by atoms with Crippen molar-refractivity contribution in [2.75, 3.05) is 5.43 Å². The minimum Gasteiger partial charge on any atom is -0.298 e. The molecule has 0 spiro atoms. The molecule has 0 amide bonds. The molecule has 3 heterocycles. The zero-order chi connectivity index (χ0) is 24.2. The lowest BCUT2D eigenvalue weighted by atomic mass is 10.2. The molecule has 174 valence electrons. The number of hydrazone groups is 1. The first-order valence-corrected chi connectivity index (χ1v) is 11.1. The average molecular weight is 466 g/mol. The van der Waals surface area contributed by atoms with E-state index in [0.717, 1.165) is 11.1 Å². The van der Waals surface area contributed by atoms with Gasteiger partial charge >= 0.3 is 5.69 Å². The highest BCUT2D eigenvalue weighted by Gasteiger charge is 2.20. The Morgan fingerprint density at radius 2 is 1.49 bits per heavy atom. The molecular formula is C26H23N7O2. The molecule has 1 N–H and O–H groups in total. The summed E-state index contributed by atoms with van der Waals surface area (Å²) in [5, 5.41) is 4.26. The molecule has 0 aliphatic heterocycles. The summed E-state index contributed by atoms with van der Waals surface area (Å²) in [5.41, 5.74) is 5.21. The van der Waals surface area contributed by atoms with Crippen LogP contribution in [0.1, 0.15) is 16.8 Å². The minimum absolute atomic E-state index is 0.166. The third-order valence-corrected chi connectivity index (χ3v) is 5.65. The zero-order valence-corrected chi connectivity index (χ0v) is 19.1. The molecule has 0 radical (unpaired) electrons. The van der Waals surface area contributed by atoms with Gasteiger partial charge < -0.3 is 0 Å². The summed E-state index contributed by atoms with van der Waals surface area (Å²) in [4.78, 5) is 35.5. The number of rotatable bonds is 7. The van der Waals surface area contributed by atoms with Gasteiger partial charge in [0.15, 0.2) is 11.2 Å². The molecule has 5 rings (SSSR count). The van der Waals surface area contributed by atoms with Gasteiger partial charge in [0.05, 0.1) is 25.0 Å². The first kappa shape index (κ1) is 22.0. The van der Waals surface area contributed by atoms with Crippen molar-refractivity contribution in [1.82, 2.24) is 23.7 Å². The maximum atomic E-state index is 13.6. The Morgan fingerprint density at radius 1 is 0.857 bits per heavy atom. The highest BCUT2D eigenvalue weighted by atomic mass is 16.2. The van der Waals surface area contributed by atoms with Crippen LogP contribution in [0, 0.1) is 0 Å². The molecule has 0 saturated carbocycles. The number of nitrogens with zero attached hydrogens (tertiary/aromatic N) is 6. The van der Waals surface area contributed by atoms with Crippen molar-refractivity contribution in [1.29, 1.82) is 0 Å². The summed E-state index contributed by atoms with van der Waals surface area (Å²) in [5.74, 6) is 0.348. The Hall–Kier alpha value is -4.79.